The Kier molecular flexibility index (Phi) is 6.76. The van der Waals surface area contributed by atoms with Crippen LogP contribution in [-0.2, 0) is 21.4 Å². The van der Waals surface area contributed by atoms with E-state index in [1.807, 2.05) is 32.0 Å². The Bertz CT molecular complexity index is 846. The van der Waals surface area contributed by atoms with Gasteiger partial charge in [0.1, 0.15) is 5.75 Å². The molecule has 2 rings (SSSR count). The first-order valence-corrected chi connectivity index (χ1v) is 9.80. The van der Waals surface area contributed by atoms with Crippen LogP contribution in [0.15, 0.2) is 53.4 Å². The van der Waals surface area contributed by atoms with Crippen molar-refractivity contribution in [3.05, 3.63) is 59.7 Å². The van der Waals surface area contributed by atoms with Crippen LogP contribution < -0.4 is 14.8 Å². The third-order valence-corrected chi connectivity index (χ3v) is 5.37. The third-order valence-electron chi connectivity index (χ3n) is 3.95. The monoisotopic (exact) mass is 376 g/mol. The van der Waals surface area contributed by atoms with E-state index >= 15 is 0 Å². The van der Waals surface area contributed by atoms with Gasteiger partial charge in [0.15, 0.2) is 0 Å². The van der Waals surface area contributed by atoms with Crippen molar-refractivity contribution >= 4 is 15.9 Å². The van der Waals surface area contributed by atoms with Gasteiger partial charge in [0.05, 0.1) is 18.6 Å². The molecule has 140 valence electrons. The Labute approximate surface area is 154 Å². The van der Waals surface area contributed by atoms with Gasteiger partial charge < -0.3 is 10.1 Å². The number of para-hydroxylation sites is 1. The van der Waals surface area contributed by atoms with Crippen molar-refractivity contribution in [2.45, 2.75) is 31.2 Å². The van der Waals surface area contributed by atoms with E-state index < -0.39 is 15.9 Å². The van der Waals surface area contributed by atoms with Crippen molar-refractivity contribution in [3.8, 4) is 5.75 Å². The molecule has 0 atom stereocenters. The number of rotatable bonds is 8. The molecule has 0 unspecified atom stereocenters. The second kappa shape index (κ2) is 8.82. The number of amides is 1. The first-order chi connectivity index (χ1) is 12.3. The fraction of sp³-hybridized carbons (Fsp3) is 0.316. The van der Waals surface area contributed by atoms with Crippen LogP contribution in [0.4, 0.5) is 0 Å². The molecular formula is C19H24N2O4S. The Morgan fingerprint density at radius 2 is 1.73 bits per heavy atom. The molecular weight excluding hydrogens is 352 g/mol. The van der Waals surface area contributed by atoms with Crippen LogP contribution in [-0.4, -0.2) is 28.0 Å². The largest absolute Gasteiger partial charge is 0.496 e. The summed E-state index contributed by atoms with van der Waals surface area (Å²) in [6.45, 7) is 4.00. The highest BCUT2D eigenvalue weighted by Gasteiger charge is 2.16. The summed E-state index contributed by atoms with van der Waals surface area (Å²) in [5.74, 6) is 0.567. The second-order valence-electron chi connectivity index (χ2n) is 6.14. The van der Waals surface area contributed by atoms with E-state index in [4.69, 9.17) is 4.74 Å². The first-order valence-electron chi connectivity index (χ1n) is 8.31. The lowest BCUT2D eigenvalue weighted by molar-refractivity contribution is -0.120. The topological polar surface area (TPSA) is 84.5 Å². The molecule has 2 aromatic rings. The number of ether oxygens (including phenoxy) is 1. The van der Waals surface area contributed by atoms with E-state index in [0.29, 0.717) is 11.7 Å². The fourth-order valence-corrected chi connectivity index (χ4v) is 3.36. The molecule has 7 heteroatoms. The van der Waals surface area contributed by atoms with E-state index in [-0.39, 0.29) is 18.0 Å². The standard InChI is InChI=1S/C19H24N2O4S/c1-14(2)15-8-10-17(11-9-15)26(23,24)21-13-19(22)20-12-16-6-4-5-7-18(16)25-3/h4-11,14,21H,12-13H2,1-3H3,(H,20,22). The van der Waals surface area contributed by atoms with E-state index in [0.717, 1.165) is 11.1 Å². The highest BCUT2D eigenvalue weighted by Crippen LogP contribution is 2.18. The smallest absolute Gasteiger partial charge is 0.241 e. The maximum atomic E-state index is 12.3. The summed E-state index contributed by atoms with van der Waals surface area (Å²) in [4.78, 5) is 12.1. The summed E-state index contributed by atoms with van der Waals surface area (Å²) >= 11 is 0. The minimum absolute atomic E-state index is 0.138. The molecule has 0 fully saturated rings. The molecule has 0 aliphatic carbocycles. The molecule has 2 N–H and O–H groups in total. The van der Waals surface area contributed by atoms with Gasteiger partial charge in [-0.2, -0.15) is 0 Å². The van der Waals surface area contributed by atoms with Crippen molar-refractivity contribution in [1.29, 1.82) is 0 Å². The predicted octanol–water partition coefficient (Wildman–Crippen LogP) is 2.41. The number of carbonyl (C=O) groups is 1. The van der Waals surface area contributed by atoms with Gasteiger partial charge in [-0.05, 0) is 29.7 Å². The Hall–Kier alpha value is -2.38. The molecule has 26 heavy (non-hydrogen) atoms. The number of nitrogens with one attached hydrogen (secondary N) is 2. The highest BCUT2D eigenvalue weighted by atomic mass is 32.2. The second-order valence-corrected chi connectivity index (χ2v) is 7.90. The van der Waals surface area contributed by atoms with Gasteiger partial charge in [0.2, 0.25) is 15.9 Å². The van der Waals surface area contributed by atoms with Crippen LogP contribution in [0, 0.1) is 0 Å². The highest BCUT2D eigenvalue weighted by molar-refractivity contribution is 7.89. The summed E-state index contributed by atoms with van der Waals surface area (Å²) in [7, 11) is -2.17. The van der Waals surface area contributed by atoms with Gasteiger partial charge in [-0.3, -0.25) is 4.79 Å². The van der Waals surface area contributed by atoms with Gasteiger partial charge in [-0.1, -0.05) is 44.2 Å². The van der Waals surface area contributed by atoms with Crippen LogP contribution in [0.5, 0.6) is 5.75 Å². The zero-order chi connectivity index (χ0) is 19.2. The minimum Gasteiger partial charge on any atom is -0.496 e. The van der Waals surface area contributed by atoms with Gasteiger partial charge in [-0.15, -0.1) is 0 Å². The van der Waals surface area contributed by atoms with Gasteiger partial charge in [0.25, 0.3) is 0 Å². The van der Waals surface area contributed by atoms with Crippen molar-refractivity contribution in [2.24, 2.45) is 0 Å². The summed E-state index contributed by atoms with van der Waals surface area (Å²) in [6.07, 6.45) is 0. The van der Waals surface area contributed by atoms with Crippen LogP contribution >= 0.6 is 0 Å². The van der Waals surface area contributed by atoms with Crippen LogP contribution in [0.25, 0.3) is 0 Å². The molecule has 0 saturated carbocycles. The molecule has 0 bridgehead atoms. The zero-order valence-electron chi connectivity index (χ0n) is 15.2. The van der Waals surface area contributed by atoms with Crippen LogP contribution in [0.3, 0.4) is 0 Å². The third kappa shape index (κ3) is 5.31. The Morgan fingerprint density at radius 1 is 1.08 bits per heavy atom. The summed E-state index contributed by atoms with van der Waals surface area (Å²) in [5.41, 5.74) is 1.87. The molecule has 6 nitrogen and oxygen atoms in total. The van der Waals surface area contributed by atoms with Gasteiger partial charge in [-0.25, -0.2) is 13.1 Å². The molecule has 0 radical (unpaired) electrons. The average molecular weight is 376 g/mol. The number of benzene rings is 2. The Balaban J connectivity index is 1.91. The van der Waals surface area contributed by atoms with Crippen LogP contribution in [0.2, 0.25) is 0 Å². The van der Waals surface area contributed by atoms with Crippen molar-refractivity contribution < 1.29 is 17.9 Å². The zero-order valence-corrected chi connectivity index (χ0v) is 16.0. The first kappa shape index (κ1) is 19.9. The molecule has 0 saturated heterocycles. The molecule has 0 aliphatic heterocycles. The summed E-state index contributed by atoms with van der Waals surface area (Å²) in [6, 6.07) is 14.0. The van der Waals surface area contributed by atoms with Crippen LogP contribution in [0.1, 0.15) is 30.9 Å². The number of sulfonamides is 1. The lowest BCUT2D eigenvalue weighted by atomic mass is 10.0. The van der Waals surface area contributed by atoms with Gasteiger partial charge >= 0.3 is 0 Å². The van der Waals surface area contributed by atoms with E-state index in [1.165, 1.54) is 0 Å². The average Bonchev–Trinajstić information content (AvgIpc) is 2.65. The molecule has 1 amide bonds. The maximum absolute atomic E-state index is 12.3. The molecule has 0 aromatic heterocycles. The quantitative estimate of drug-likeness (QED) is 0.741. The predicted molar refractivity (Wildman–Crippen MR) is 101 cm³/mol. The van der Waals surface area contributed by atoms with Gasteiger partial charge in [0, 0.05) is 12.1 Å². The minimum atomic E-state index is -3.73. The maximum Gasteiger partial charge on any atom is 0.241 e. The van der Waals surface area contributed by atoms with E-state index in [2.05, 4.69) is 10.0 Å². The number of carbonyl (C=O) groups excluding carboxylic acids is 1. The fourth-order valence-electron chi connectivity index (χ4n) is 2.38. The number of hydrogen-bond donors (Lipinski definition) is 2. The number of hydrogen-bond acceptors (Lipinski definition) is 4. The Morgan fingerprint density at radius 3 is 2.35 bits per heavy atom. The summed E-state index contributed by atoms with van der Waals surface area (Å²) < 4.78 is 32.1. The lowest BCUT2D eigenvalue weighted by Gasteiger charge is -2.11. The van der Waals surface area contributed by atoms with E-state index in [1.54, 1.807) is 37.4 Å². The lowest BCUT2D eigenvalue weighted by Crippen LogP contribution is -2.36. The molecule has 0 heterocycles. The SMILES string of the molecule is COc1ccccc1CNC(=O)CNS(=O)(=O)c1ccc(C(C)C)cc1. The van der Waals surface area contributed by atoms with Crippen molar-refractivity contribution in [1.82, 2.24) is 10.0 Å². The normalized spacial score (nSPS) is 11.4. The van der Waals surface area contributed by atoms with Crippen molar-refractivity contribution in [2.75, 3.05) is 13.7 Å². The number of methoxy groups -OCH3 is 1. The summed E-state index contributed by atoms with van der Waals surface area (Å²) in [5, 5.41) is 2.68. The van der Waals surface area contributed by atoms with Crippen molar-refractivity contribution in [3.63, 3.8) is 0 Å². The molecule has 0 aliphatic rings. The van der Waals surface area contributed by atoms with E-state index in [9.17, 15) is 13.2 Å². The molecule has 0 spiro atoms. The molecule has 2 aromatic carbocycles.